The van der Waals surface area contributed by atoms with Crippen LogP contribution in [0.25, 0.3) is 0 Å². The molecule has 0 radical (unpaired) electrons. The Morgan fingerprint density at radius 2 is 2.11 bits per heavy atom. The lowest BCUT2D eigenvalue weighted by atomic mass is 10.3. The molecule has 0 bridgehead atoms. The Morgan fingerprint density at radius 3 is 2.61 bits per heavy atom. The SMILES string of the molecule is CCN(CCC(N)=S)c1cccc(C(F)(F)F)n1. The van der Waals surface area contributed by atoms with Gasteiger partial charge in [-0.05, 0) is 19.1 Å². The smallest absolute Gasteiger partial charge is 0.393 e. The van der Waals surface area contributed by atoms with E-state index in [2.05, 4.69) is 4.98 Å². The lowest BCUT2D eigenvalue weighted by molar-refractivity contribution is -0.141. The molecule has 0 aliphatic carbocycles. The molecule has 18 heavy (non-hydrogen) atoms. The molecule has 0 aliphatic heterocycles. The number of nitrogens with two attached hydrogens (primary N) is 1. The molecule has 1 heterocycles. The minimum absolute atomic E-state index is 0.281. The van der Waals surface area contributed by atoms with E-state index < -0.39 is 11.9 Å². The number of halogens is 3. The Kier molecular flexibility index (Phi) is 4.89. The van der Waals surface area contributed by atoms with Crippen molar-refractivity contribution in [3.63, 3.8) is 0 Å². The summed E-state index contributed by atoms with van der Waals surface area (Å²) in [6.45, 7) is 2.83. The average Bonchev–Trinajstić information content (AvgIpc) is 2.29. The second-order valence-electron chi connectivity index (χ2n) is 3.67. The molecule has 3 nitrogen and oxygen atoms in total. The van der Waals surface area contributed by atoms with Crippen molar-refractivity contribution in [2.24, 2.45) is 5.73 Å². The zero-order chi connectivity index (χ0) is 13.8. The maximum Gasteiger partial charge on any atom is 0.433 e. The Bertz CT molecular complexity index is 420. The second kappa shape index (κ2) is 5.99. The number of alkyl halides is 3. The third-order valence-corrected chi connectivity index (χ3v) is 2.56. The van der Waals surface area contributed by atoms with Gasteiger partial charge in [0, 0.05) is 19.5 Å². The molecule has 2 N–H and O–H groups in total. The molecule has 0 saturated heterocycles. The third-order valence-electron chi connectivity index (χ3n) is 2.36. The Balaban J connectivity index is 2.89. The molecule has 1 rings (SSSR count). The van der Waals surface area contributed by atoms with Crippen molar-refractivity contribution in [3.05, 3.63) is 23.9 Å². The molecule has 7 heteroatoms. The minimum atomic E-state index is -4.43. The Morgan fingerprint density at radius 1 is 1.44 bits per heavy atom. The number of thiocarbonyl (C=S) groups is 1. The summed E-state index contributed by atoms with van der Waals surface area (Å²) in [6.07, 6.45) is -3.99. The van der Waals surface area contributed by atoms with Gasteiger partial charge in [-0.15, -0.1) is 0 Å². The molecule has 0 unspecified atom stereocenters. The van der Waals surface area contributed by atoms with Crippen LogP contribution >= 0.6 is 12.2 Å². The lowest BCUT2D eigenvalue weighted by Crippen LogP contribution is -2.28. The van der Waals surface area contributed by atoms with Crippen LogP contribution in [0.5, 0.6) is 0 Å². The Labute approximate surface area is 109 Å². The zero-order valence-corrected chi connectivity index (χ0v) is 10.7. The first-order chi connectivity index (χ1) is 8.34. The fourth-order valence-corrected chi connectivity index (χ4v) is 1.53. The Hall–Kier alpha value is -1.37. The monoisotopic (exact) mass is 277 g/mol. The fraction of sp³-hybridized carbons (Fsp3) is 0.455. The van der Waals surface area contributed by atoms with Gasteiger partial charge in [-0.25, -0.2) is 4.98 Å². The number of aromatic nitrogens is 1. The van der Waals surface area contributed by atoms with Crippen molar-refractivity contribution in [2.75, 3.05) is 18.0 Å². The molecule has 0 fully saturated rings. The number of hydrogen-bond acceptors (Lipinski definition) is 3. The first kappa shape index (κ1) is 14.7. The first-order valence-electron chi connectivity index (χ1n) is 5.42. The summed E-state index contributed by atoms with van der Waals surface area (Å²) in [6, 6.07) is 3.83. The van der Waals surface area contributed by atoms with Gasteiger partial charge >= 0.3 is 6.18 Å². The van der Waals surface area contributed by atoms with Crippen LogP contribution < -0.4 is 10.6 Å². The van der Waals surface area contributed by atoms with E-state index in [0.29, 0.717) is 24.5 Å². The van der Waals surface area contributed by atoms with Gasteiger partial charge in [0.1, 0.15) is 11.5 Å². The van der Waals surface area contributed by atoms with Crippen molar-refractivity contribution in [1.82, 2.24) is 4.98 Å². The molecule has 0 aliphatic rings. The van der Waals surface area contributed by atoms with Gasteiger partial charge in [-0.2, -0.15) is 13.2 Å². The highest BCUT2D eigenvalue weighted by atomic mass is 32.1. The normalized spacial score (nSPS) is 11.3. The van der Waals surface area contributed by atoms with Crippen molar-refractivity contribution >= 4 is 23.0 Å². The van der Waals surface area contributed by atoms with Crippen LogP contribution in [0, 0.1) is 0 Å². The van der Waals surface area contributed by atoms with Crippen LogP contribution in [-0.4, -0.2) is 23.1 Å². The van der Waals surface area contributed by atoms with Crippen LogP contribution in [0.3, 0.4) is 0 Å². The fourth-order valence-electron chi connectivity index (χ4n) is 1.44. The third kappa shape index (κ3) is 4.14. The van der Waals surface area contributed by atoms with Crippen molar-refractivity contribution < 1.29 is 13.2 Å². The highest BCUT2D eigenvalue weighted by molar-refractivity contribution is 7.80. The van der Waals surface area contributed by atoms with E-state index in [4.69, 9.17) is 18.0 Å². The van der Waals surface area contributed by atoms with E-state index in [-0.39, 0.29) is 5.82 Å². The van der Waals surface area contributed by atoms with Crippen molar-refractivity contribution in [1.29, 1.82) is 0 Å². The highest BCUT2D eigenvalue weighted by Gasteiger charge is 2.32. The van der Waals surface area contributed by atoms with Crippen LogP contribution in [0.1, 0.15) is 19.0 Å². The van der Waals surface area contributed by atoms with Gasteiger partial charge in [-0.1, -0.05) is 18.3 Å². The number of rotatable bonds is 5. The van der Waals surface area contributed by atoms with E-state index in [1.807, 2.05) is 6.92 Å². The van der Waals surface area contributed by atoms with Crippen molar-refractivity contribution in [3.8, 4) is 0 Å². The molecule has 100 valence electrons. The predicted octanol–water partition coefficient (Wildman–Crippen LogP) is 2.60. The summed E-state index contributed by atoms with van der Waals surface area (Å²) < 4.78 is 37.6. The lowest BCUT2D eigenvalue weighted by Gasteiger charge is -2.22. The summed E-state index contributed by atoms with van der Waals surface area (Å²) in [5.74, 6) is 0.281. The van der Waals surface area contributed by atoms with E-state index in [0.717, 1.165) is 6.07 Å². The summed E-state index contributed by atoms with van der Waals surface area (Å²) in [5, 5.41) is 0. The average molecular weight is 277 g/mol. The summed E-state index contributed by atoms with van der Waals surface area (Å²) in [7, 11) is 0. The maximum atomic E-state index is 12.5. The van der Waals surface area contributed by atoms with Crippen LogP contribution in [0.4, 0.5) is 19.0 Å². The van der Waals surface area contributed by atoms with E-state index in [1.54, 1.807) is 4.90 Å². The quantitative estimate of drug-likeness (QED) is 0.840. The molecule has 1 aromatic heterocycles. The van der Waals surface area contributed by atoms with Gasteiger partial charge in [-0.3, -0.25) is 0 Å². The standard InChI is InChI=1S/C11H14F3N3S/c1-2-17(7-6-9(15)18)10-5-3-4-8(16-10)11(12,13)14/h3-5H,2,6-7H2,1H3,(H2,15,18). The summed E-state index contributed by atoms with van der Waals surface area (Å²) in [5.41, 5.74) is 4.48. The van der Waals surface area contributed by atoms with Crippen LogP contribution in [0.15, 0.2) is 18.2 Å². The van der Waals surface area contributed by atoms with Gasteiger partial charge in [0.2, 0.25) is 0 Å². The van der Waals surface area contributed by atoms with Crippen molar-refractivity contribution in [2.45, 2.75) is 19.5 Å². The van der Waals surface area contributed by atoms with Gasteiger partial charge < -0.3 is 10.6 Å². The molecule has 0 atom stereocenters. The molecule has 0 saturated carbocycles. The maximum absolute atomic E-state index is 12.5. The van der Waals surface area contributed by atoms with Gasteiger partial charge in [0.15, 0.2) is 0 Å². The van der Waals surface area contributed by atoms with Gasteiger partial charge in [0.05, 0.1) is 4.99 Å². The van der Waals surface area contributed by atoms with Gasteiger partial charge in [0.25, 0.3) is 0 Å². The van der Waals surface area contributed by atoms with Crippen LogP contribution in [-0.2, 0) is 6.18 Å². The van der Waals surface area contributed by atoms with E-state index in [9.17, 15) is 13.2 Å². The van der Waals surface area contributed by atoms with E-state index in [1.165, 1.54) is 12.1 Å². The molecule has 0 amide bonds. The van der Waals surface area contributed by atoms with Crippen LogP contribution in [0.2, 0.25) is 0 Å². The van der Waals surface area contributed by atoms with E-state index >= 15 is 0 Å². The number of nitrogens with zero attached hydrogens (tertiary/aromatic N) is 2. The largest absolute Gasteiger partial charge is 0.433 e. The molecular weight excluding hydrogens is 263 g/mol. The molecule has 1 aromatic rings. The molecule has 0 aromatic carbocycles. The zero-order valence-electron chi connectivity index (χ0n) is 9.87. The highest BCUT2D eigenvalue weighted by Crippen LogP contribution is 2.28. The number of hydrogen-bond donors (Lipinski definition) is 1. The topological polar surface area (TPSA) is 42.1 Å². The molecular formula is C11H14F3N3S. The molecule has 0 spiro atoms. The first-order valence-corrected chi connectivity index (χ1v) is 5.83. The second-order valence-corrected chi connectivity index (χ2v) is 4.20. The number of pyridine rings is 1. The summed E-state index contributed by atoms with van der Waals surface area (Å²) in [4.78, 5) is 5.65. The minimum Gasteiger partial charge on any atom is -0.393 e. The summed E-state index contributed by atoms with van der Waals surface area (Å²) >= 11 is 4.75. The predicted molar refractivity (Wildman–Crippen MR) is 68.5 cm³/mol. The number of anilines is 1.